The van der Waals surface area contributed by atoms with Crippen LogP contribution in [-0.2, 0) is 0 Å². The summed E-state index contributed by atoms with van der Waals surface area (Å²) >= 11 is 4.98. The molecule has 0 aliphatic carbocycles. The van der Waals surface area contributed by atoms with E-state index in [9.17, 15) is 5.26 Å². The lowest BCUT2D eigenvalue weighted by Crippen LogP contribution is -2.31. The fraction of sp³-hybridized carbons (Fsp3) is 0.444. The van der Waals surface area contributed by atoms with Crippen LogP contribution in [0.2, 0.25) is 0 Å². The monoisotopic (exact) mass is 343 g/mol. The number of nitrogens with two attached hydrogens (primary N) is 1. The van der Waals surface area contributed by atoms with E-state index in [4.69, 9.17) is 18.0 Å². The average molecular weight is 344 g/mol. The third-order valence-electron chi connectivity index (χ3n) is 4.42. The van der Waals surface area contributed by atoms with E-state index in [1.54, 1.807) is 0 Å². The summed E-state index contributed by atoms with van der Waals surface area (Å²) in [5.74, 6) is 0. The Bertz CT molecular complexity index is 657. The largest absolute Gasteiger partial charge is 0.389 e. The third-order valence-corrected chi connectivity index (χ3v) is 4.63. The maximum absolute atomic E-state index is 9.25. The summed E-state index contributed by atoms with van der Waals surface area (Å²) in [6.45, 7) is 5.61. The van der Waals surface area contributed by atoms with Crippen molar-refractivity contribution < 1.29 is 0 Å². The van der Waals surface area contributed by atoms with E-state index in [-0.39, 0.29) is 4.99 Å². The van der Waals surface area contributed by atoms with Crippen molar-refractivity contribution in [3.05, 3.63) is 35.5 Å². The van der Waals surface area contributed by atoms with Crippen LogP contribution in [0.4, 0.5) is 11.4 Å². The van der Waals surface area contributed by atoms with Crippen LogP contribution in [-0.4, -0.2) is 50.2 Å². The van der Waals surface area contributed by atoms with Crippen LogP contribution in [0.5, 0.6) is 0 Å². The van der Waals surface area contributed by atoms with Crippen molar-refractivity contribution in [2.45, 2.75) is 13.3 Å². The molecular formula is C18H25N5S. The van der Waals surface area contributed by atoms with Crippen LogP contribution in [0.25, 0.3) is 0 Å². The predicted molar refractivity (Wildman–Crippen MR) is 104 cm³/mol. The quantitative estimate of drug-likeness (QED) is 0.514. The molecule has 0 spiro atoms. The van der Waals surface area contributed by atoms with Crippen LogP contribution in [0.3, 0.4) is 0 Å². The molecule has 2 rings (SSSR count). The Labute approximate surface area is 149 Å². The van der Waals surface area contributed by atoms with Gasteiger partial charge in [0.15, 0.2) is 0 Å². The van der Waals surface area contributed by atoms with E-state index in [0.717, 1.165) is 38.3 Å². The molecule has 0 radical (unpaired) electrons. The lowest BCUT2D eigenvalue weighted by Gasteiger charge is -2.26. The topological polar surface area (TPSA) is 59.5 Å². The molecule has 0 amide bonds. The molecule has 6 heteroatoms. The van der Waals surface area contributed by atoms with Crippen molar-refractivity contribution >= 4 is 28.6 Å². The van der Waals surface area contributed by atoms with Crippen molar-refractivity contribution in [1.82, 2.24) is 4.90 Å². The molecule has 0 bridgehead atoms. The molecule has 1 aromatic rings. The van der Waals surface area contributed by atoms with Gasteiger partial charge in [0.25, 0.3) is 0 Å². The molecule has 1 heterocycles. The number of allylic oxidation sites excluding steroid dienone is 1. The number of nitrogens with zero attached hydrogens (tertiary/aromatic N) is 4. The van der Waals surface area contributed by atoms with Gasteiger partial charge in [-0.15, -0.1) is 0 Å². The first-order chi connectivity index (χ1) is 11.4. The molecule has 1 saturated heterocycles. The van der Waals surface area contributed by atoms with Gasteiger partial charge in [0, 0.05) is 57.3 Å². The van der Waals surface area contributed by atoms with E-state index in [2.05, 4.69) is 45.0 Å². The van der Waals surface area contributed by atoms with Crippen LogP contribution in [0.15, 0.2) is 35.5 Å². The van der Waals surface area contributed by atoms with Crippen LogP contribution >= 0.6 is 12.2 Å². The van der Waals surface area contributed by atoms with Gasteiger partial charge in [-0.2, -0.15) is 5.26 Å². The summed E-state index contributed by atoms with van der Waals surface area (Å²) in [6, 6.07) is 10.8. The average Bonchev–Trinajstić information content (AvgIpc) is 2.81. The SMILES string of the molecule is C/C(=C(\C#N)C(N)=S)N1CCCN(c2ccc(N(C)C)cc2)CC1. The highest BCUT2D eigenvalue weighted by Crippen LogP contribution is 2.22. The number of hydrogen-bond acceptors (Lipinski definition) is 5. The minimum Gasteiger partial charge on any atom is -0.389 e. The Hall–Kier alpha value is -2.26. The number of hydrogen-bond donors (Lipinski definition) is 1. The van der Waals surface area contributed by atoms with Gasteiger partial charge in [0.1, 0.15) is 16.6 Å². The van der Waals surface area contributed by atoms with Crippen molar-refractivity contribution in [3.8, 4) is 6.07 Å². The Morgan fingerprint density at radius 1 is 1.17 bits per heavy atom. The van der Waals surface area contributed by atoms with Crippen molar-refractivity contribution in [2.75, 3.05) is 50.1 Å². The second-order valence-corrected chi connectivity index (χ2v) is 6.61. The first kappa shape index (κ1) is 18.1. The normalized spacial score (nSPS) is 16.1. The van der Waals surface area contributed by atoms with Crippen LogP contribution < -0.4 is 15.5 Å². The van der Waals surface area contributed by atoms with Gasteiger partial charge >= 0.3 is 0 Å². The minimum atomic E-state index is 0.176. The Kier molecular flexibility index (Phi) is 6.04. The fourth-order valence-electron chi connectivity index (χ4n) is 2.95. The van der Waals surface area contributed by atoms with Gasteiger partial charge in [0.05, 0.1) is 0 Å². The third kappa shape index (κ3) is 4.18. The van der Waals surface area contributed by atoms with E-state index in [0.29, 0.717) is 5.57 Å². The molecule has 24 heavy (non-hydrogen) atoms. The highest BCUT2D eigenvalue weighted by molar-refractivity contribution is 7.80. The summed E-state index contributed by atoms with van der Waals surface area (Å²) in [5, 5.41) is 9.25. The summed E-state index contributed by atoms with van der Waals surface area (Å²) in [5.41, 5.74) is 9.40. The zero-order valence-electron chi connectivity index (χ0n) is 14.6. The Morgan fingerprint density at radius 2 is 1.83 bits per heavy atom. The molecule has 1 aliphatic rings. The van der Waals surface area contributed by atoms with Gasteiger partial charge in [-0.1, -0.05) is 12.2 Å². The molecular weight excluding hydrogens is 318 g/mol. The van der Waals surface area contributed by atoms with Crippen molar-refractivity contribution in [2.24, 2.45) is 5.73 Å². The first-order valence-corrected chi connectivity index (χ1v) is 8.53. The molecule has 1 aliphatic heterocycles. The lowest BCUT2D eigenvalue weighted by molar-refractivity contribution is 0.369. The van der Waals surface area contributed by atoms with E-state index < -0.39 is 0 Å². The standard InChI is InChI=1S/C18H25N5S/c1-14(17(13-19)18(20)24)22-9-4-10-23(12-11-22)16-7-5-15(6-8-16)21(2)3/h5-8H,4,9-12H2,1-3H3,(H2,20,24)/b17-14-. The maximum atomic E-state index is 9.25. The predicted octanol–water partition coefficient (Wildman–Crippen LogP) is 2.35. The Balaban J connectivity index is 2.10. The van der Waals surface area contributed by atoms with E-state index >= 15 is 0 Å². The molecule has 0 saturated carbocycles. The maximum Gasteiger partial charge on any atom is 0.116 e. The van der Waals surface area contributed by atoms with Gasteiger partial charge in [-0.3, -0.25) is 0 Å². The van der Waals surface area contributed by atoms with E-state index in [1.807, 2.05) is 21.0 Å². The van der Waals surface area contributed by atoms with Crippen LogP contribution in [0.1, 0.15) is 13.3 Å². The summed E-state index contributed by atoms with van der Waals surface area (Å²) in [4.78, 5) is 6.88. The molecule has 1 aromatic carbocycles. The molecule has 0 atom stereocenters. The smallest absolute Gasteiger partial charge is 0.116 e. The Morgan fingerprint density at radius 3 is 2.38 bits per heavy atom. The molecule has 128 valence electrons. The summed E-state index contributed by atoms with van der Waals surface area (Å²) in [7, 11) is 4.09. The number of benzene rings is 1. The van der Waals surface area contributed by atoms with Gasteiger partial charge < -0.3 is 20.4 Å². The second-order valence-electron chi connectivity index (χ2n) is 6.17. The van der Waals surface area contributed by atoms with Crippen LogP contribution in [0, 0.1) is 11.3 Å². The molecule has 2 N–H and O–H groups in total. The highest BCUT2D eigenvalue weighted by Gasteiger charge is 2.18. The highest BCUT2D eigenvalue weighted by atomic mass is 32.1. The minimum absolute atomic E-state index is 0.176. The number of rotatable bonds is 4. The van der Waals surface area contributed by atoms with E-state index in [1.165, 1.54) is 11.4 Å². The zero-order chi connectivity index (χ0) is 17.7. The van der Waals surface area contributed by atoms with Gasteiger partial charge in [-0.25, -0.2) is 0 Å². The number of anilines is 2. The first-order valence-electron chi connectivity index (χ1n) is 8.12. The molecule has 1 fully saturated rings. The zero-order valence-corrected chi connectivity index (χ0v) is 15.4. The molecule has 0 unspecified atom stereocenters. The number of nitriles is 1. The van der Waals surface area contributed by atoms with Gasteiger partial charge in [0.2, 0.25) is 0 Å². The van der Waals surface area contributed by atoms with Crippen molar-refractivity contribution in [1.29, 1.82) is 5.26 Å². The van der Waals surface area contributed by atoms with Crippen molar-refractivity contribution in [3.63, 3.8) is 0 Å². The summed E-state index contributed by atoms with van der Waals surface area (Å²) < 4.78 is 0. The molecule has 5 nitrogen and oxygen atoms in total. The fourth-order valence-corrected chi connectivity index (χ4v) is 3.14. The summed E-state index contributed by atoms with van der Waals surface area (Å²) in [6.07, 6.45) is 1.03. The lowest BCUT2D eigenvalue weighted by atomic mass is 10.2. The number of thiocarbonyl (C=S) groups is 1. The second kappa shape index (κ2) is 8.02. The molecule has 0 aromatic heterocycles. The van der Waals surface area contributed by atoms with Gasteiger partial charge in [-0.05, 0) is 37.6 Å².